The molecule has 28 valence electrons. The van der Waals surface area contributed by atoms with E-state index in [-0.39, 0.29) is 17.6 Å². The zero-order valence-electron chi connectivity index (χ0n) is 3.46. The van der Waals surface area contributed by atoms with Gasteiger partial charge in [-0.25, -0.2) is 0 Å². The van der Waals surface area contributed by atoms with Crippen LogP contribution in [0.5, 0.6) is 0 Å². The van der Waals surface area contributed by atoms with Crippen molar-refractivity contribution in [2.24, 2.45) is 0 Å². The molecule has 0 aromatic carbocycles. The molecule has 6 heavy (non-hydrogen) atoms. The van der Waals surface area contributed by atoms with Gasteiger partial charge in [0.05, 0.1) is 0 Å². The molecule has 2 nitrogen and oxygen atoms in total. The molecule has 0 atom stereocenters. The van der Waals surface area contributed by atoms with Crippen LogP contribution in [-0.2, 0) is 17.6 Å². The predicted octanol–water partition coefficient (Wildman–Crippen LogP) is -0.0412. The summed E-state index contributed by atoms with van der Waals surface area (Å²) in [5.41, 5.74) is 0. The van der Waals surface area contributed by atoms with Gasteiger partial charge in [-0.15, -0.1) is 0 Å². The Hall–Kier alpha value is -0.0366. The summed E-state index contributed by atoms with van der Waals surface area (Å²) in [7, 11) is 0. The average Bonchev–Trinajstić information content (AvgIpc) is 1.72. The number of nitrogens with zero attached hydrogens (tertiary/aromatic N) is 2. The maximum absolute atomic E-state index is 2.44. The molecule has 3 rings (SSSR count). The van der Waals surface area contributed by atoms with Crippen molar-refractivity contribution in [1.29, 1.82) is 0 Å². The van der Waals surface area contributed by atoms with Gasteiger partial charge in [0, 0.05) is 0 Å². The Morgan fingerprint density at radius 1 is 1.33 bits per heavy atom. The van der Waals surface area contributed by atoms with E-state index in [2.05, 4.69) is 19.7 Å². The van der Waals surface area contributed by atoms with Crippen molar-refractivity contribution in [2.75, 3.05) is 6.67 Å². The average molecular weight is 133 g/mol. The van der Waals surface area contributed by atoms with Gasteiger partial charge in [-0.2, -0.15) is 0 Å². The molecule has 0 aromatic heterocycles. The Bertz CT molecular complexity index is 85.0. The monoisotopic (exact) mass is 132 g/mol. The van der Waals surface area contributed by atoms with Crippen LogP contribution in [0.4, 0.5) is 0 Å². The fourth-order valence-electron chi connectivity index (χ4n) is 0.802. The fraction of sp³-hybridized carbons (Fsp3) is 0.333. The van der Waals surface area contributed by atoms with Crippen molar-refractivity contribution >= 4 is 0 Å². The molecular formula is C3H4N2Zn. The van der Waals surface area contributed by atoms with Crippen molar-refractivity contribution in [2.45, 2.75) is 0 Å². The van der Waals surface area contributed by atoms with Crippen LogP contribution in [-0.4, -0.2) is 14.0 Å². The Labute approximate surface area is 44.5 Å². The van der Waals surface area contributed by atoms with Crippen LogP contribution in [0, 0.1) is 0 Å². The van der Waals surface area contributed by atoms with Crippen molar-refractivity contribution in [1.82, 2.24) is 7.29 Å². The predicted molar refractivity (Wildman–Crippen MR) is 17.7 cm³/mol. The van der Waals surface area contributed by atoms with Gasteiger partial charge >= 0.3 is 44.0 Å². The summed E-state index contributed by atoms with van der Waals surface area (Å²) >= 11 is -0.236. The fourth-order valence-corrected chi connectivity index (χ4v) is 3.18. The molecule has 3 heteroatoms. The van der Waals surface area contributed by atoms with E-state index in [0.29, 0.717) is 0 Å². The van der Waals surface area contributed by atoms with Crippen LogP contribution in [0.2, 0.25) is 0 Å². The van der Waals surface area contributed by atoms with Crippen molar-refractivity contribution in [3.8, 4) is 0 Å². The summed E-state index contributed by atoms with van der Waals surface area (Å²) in [6.07, 6.45) is 4.39. The number of rotatable bonds is 0. The van der Waals surface area contributed by atoms with Gasteiger partial charge in [-0.05, 0) is 0 Å². The van der Waals surface area contributed by atoms with Gasteiger partial charge in [-0.3, -0.25) is 0 Å². The van der Waals surface area contributed by atoms with Crippen LogP contribution < -0.4 is 0 Å². The first kappa shape index (κ1) is 3.03. The molecule has 2 bridgehead atoms. The van der Waals surface area contributed by atoms with Gasteiger partial charge in [-0.1, -0.05) is 0 Å². The molecule has 0 spiro atoms. The Morgan fingerprint density at radius 3 is 2.00 bits per heavy atom. The molecule has 0 amide bonds. The number of hydrogen-bond donors (Lipinski definition) is 0. The van der Waals surface area contributed by atoms with Gasteiger partial charge in [0.15, 0.2) is 0 Å². The van der Waals surface area contributed by atoms with Gasteiger partial charge in [0.25, 0.3) is 0 Å². The summed E-state index contributed by atoms with van der Waals surface area (Å²) in [5.74, 6) is 0. The van der Waals surface area contributed by atoms with E-state index in [1.165, 1.54) is 6.67 Å². The SMILES string of the molecule is C1=C[N]2C[N]1[Zn]2. The molecule has 3 heterocycles. The van der Waals surface area contributed by atoms with Crippen LogP contribution in [0.25, 0.3) is 0 Å². The third-order valence-corrected chi connectivity index (χ3v) is 4.46. The normalized spacial score (nSPS) is 22.7. The van der Waals surface area contributed by atoms with Crippen LogP contribution >= 0.6 is 0 Å². The Kier molecular flexibility index (Phi) is 0.397. The first-order chi connectivity index (χ1) is 2.95. The zero-order chi connectivity index (χ0) is 3.98. The molecule has 3 aliphatic rings. The molecule has 0 radical (unpaired) electrons. The minimum absolute atomic E-state index is 0.236. The molecule has 0 saturated carbocycles. The van der Waals surface area contributed by atoms with Crippen molar-refractivity contribution in [3.63, 3.8) is 0 Å². The summed E-state index contributed by atoms with van der Waals surface area (Å²) in [5, 5.41) is 0. The van der Waals surface area contributed by atoms with Gasteiger partial charge in [0.1, 0.15) is 0 Å². The summed E-state index contributed by atoms with van der Waals surface area (Å²) in [6.45, 7) is 1.22. The Morgan fingerprint density at radius 2 is 1.83 bits per heavy atom. The second-order valence-electron chi connectivity index (χ2n) is 1.76. The van der Waals surface area contributed by atoms with Gasteiger partial charge < -0.3 is 0 Å². The first-order valence-corrected chi connectivity index (χ1v) is 4.77. The molecule has 0 aliphatic carbocycles. The van der Waals surface area contributed by atoms with Crippen molar-refractivity contribution < 1.29 is 17.6 Å². The van der Waals surface area contributed by atoms with E-state index in [1.807, 2.05) is 0 Å². The second-order valence-corrected chi connectivity index (χ2v) is 5.76. The topological polar surface area (TPSA) is 6.48 Å². The number of hydrogen-bond acceptors (Lipinski definition) is 2. The summed E-state index contributed by atoms with van der Waals surface area (Å²) in [6, 6.07) is 0. The van der Waals surface area contributed by atoms with E-state index >= 15 is 0 Å². The first-order valence-electron chi connectivity index (χ1n) is 2.11. The van der Waals surface area contributed by atoms with E-state index < -0.39 is 0 Å². The van der Waals surface area contributed by atoms with E-state index in [1.54, 1.807) is 0 Å². The molecule has 0 N–H and O–H groups in total. The molecule has 1 fully saturated rings. The quantitative estimate of drug-likeness (QED) is 0.428. The summed E-state index contributed by atoms with van der Waals surface area (Å²) < 4.78 is 4.88. The molecule has 3 aliphatic heterocycles. The third kappa shape index (κ3) is 0.207. The minimum atomic E-state index is -0.236. The molecule has 0 unspecified atom stereocenters. The standard InChI is InChI=1S/C3H4N2.Zn/c1-2-5-3-4-1;/h1-2H,3H2;/q-2;+2. The van der Waals surface area contributed by atoms with Crippen LogP contribution in [0.15, 0.2) is 12.4 Å². The summed E-state index contributed by atoms with van der Waals surface area (Å²) in [4.78, 5) is 0. The third-order valence-electron chi connectivity index (χ3n) is 1.21. The van der Waals surface area contributed by atoms with Crippen molar-refractivity contribution in [3.05, 3.63) is 12.4 Å². The molecule has 1 saturated heterocycles. The van der Waals surface area contributed by atoms with Crippen LogP contribution in [0.3, 0.4) is 0 Å². The zero-order valence-corrected chi connectivity index (χ0v) is 6.43. The second kappa shape index (κ2) is 0.785. The van der Waals surface area contributed by atoms with E-state index in [4.69, 9.17) is 0 Å². The Balaban J connectivity index is 2.32. The molecule has 0 aromatic rings. The van der Waals surface area contributed by atoms with Crippen LogP contribution in [0.1, 0.15) is 0 Å². The molecular weight excluding hydrogens is 129 g/mol. The van der Waals surface area contributed by atoms with E-state index in [0.717, 1.165) is 0 Å². The van der Waals surface area contributed by atoms with Gasteiger partial charge in [0.2, 0.25) is 0 Å². The maximum atomic E-state index is 2.44. The van der Waals surface area contributed by atoms with E-state index in [9.17, 15) is 0 Å².